The lowest BCUT2D eigenvalue weighted by Gasteiger charge is -2.15. The highest BCUT2D eigenvalue weighted by atomic mass is 32.1. The summed E-state index contributed by atoms with van der Waals surface area (Å²) in [5, 5.41) is 4.67. The molecule has 18 heavy (non-hydrogen) atoms. The summed E-state index contributed by atoms with van der Waals surface area (Å²) in [5.41, 5.74) is 1.10. The summed E-state index contributed by atoms with van der Waals surface area (Å²) >= 11 is 1.76. The van der Waals surface area contributed by atoms with E-state index in [0.29, 0.717) is 6.04 Å². The summed E-state index contributed by atoms with van der Waals surface area (Å²) < 4.78 is 6.48. The van der Waals surface area contributed by atoms with Gasteiger partial charge in [-0.15, -0.1) is 11.3 Å². The second-order valence-electron chi connectivity index (χ2n) is 4.40. The molecular weight excluding hydrogens is 244 g/mol. The van der Waals surface area contributed by atoms with Crippen LogP contribution in [-0.4, -0.2) is 24.7 Å². The molecule has 2 aromatic rings. The van der Waals surface area contributed by atoms with Crippen LogP contribution in [0.5, 0.6) is 0 Å². The first-order valence-electron chi connectivity index (χ1n) is 6.40. The Kier molecular flexibility index (Phi) is 5.11. The van der Waals surface area contributed by atoms with Crippen LogP contribution < -0.4 is 5.32 Å². The fourth-order valence-electron chi connectivity index (χ4n) is 2.02. The number of benzene rings is 1. The van der Waals surface area contributed by atoms with Crippen LogP contribution in [0.4, 0.5) is 0 Å². The van der Waals surface area contributed by atoms with Gasteiger partial charge in [0, 0.05) is 19.7 Å². The van der Waals surface area contributed by atoms with Crippen LogP contribution in [0.25, 0.3) is 10.2 Å². The van der Waals surface area contributed by atoms with Gasteiger partial charge in [-0.2, -0.15) is 0 Å². The number of fused-ring (bicyclic) bond motifs is 1. The molecule has 1 heterocycles. The van der Waals surface area contributed by atoms with E-state index < -0.39 is 0 Å². The Morgan fingerprint density at radius 1 is 1.39 bits per heavy atom. The molecule has 0 spiro atoms. The highest BCUT2D eigenvalue weighted by molar-refractivity contribution is 7.18. The van der Waals surface area contributed by atoms with Crippen molar-refractivity contribution in [3.05, 3.63) is 29.3 Å². The fourth-order valence-corrected chi connectivity index (χ4v) is 2.94. The summed E-state index contributed by atoms with van der Waals surface area (Å²) in [6.07, 6.45) is 2.31. The van der Waals surface area contributed by atoms with E-state index in [0.717, 1.165) is 30.1 Å². The Bertz CT molecular complexity index is 444. The van der Waals surface area contributed by atoms with Gasteiger partial charge in [0.15, 0.2) is 0 Å². The fraction of sp³-hybridized carbons (Fsp3) is 0.500. The van der Waals surface area contributed by atoms with Crippen LogP contribution in [0.3, 0.4) is 0 Å². The first-order chi connectivity index (χ1) is 8.83. The van der Waals surface area contributed by atoms with Crippen LogP contribution >= 0.6 is 11.3 Å². The number of nitrogens with zero attached hydrogens (tertiary/aromatic N) is 1. The highest BCUT2D eigenvalue weighted by Gasteiger charge is 2.08. The lowest BCUT2D eigenvalue weighted by molar-refractivity contribution is 0.161. The predicted octanol–water partition coefficient (Wildman–Crippen LogP) is 3.20. The van der Waals surface area contributed by atoms with E-state index in [1.54, 1.807) is 18.4 Å². The minimum atomic E-state index is 0.423. The number of methoxy groups -OCH3 is 1. The molecule has 0 fully saturated rings. The number of aromatic nitrogens is 1. The lowest BCUT2D eigenvalue weighted by Crippen LogP contribution is -2.32. The normalized spacial score (nSPS) is 13.0. The summed E-state index contributed by atoms with van der Waals surface area (Å²) in [6, 6.07) is 8.70. The number of hydrogen-bond acceptors (Lipinski definition) is 4. The van der Waals surface area contributed by atoms with E-state index in [2.05, 4.69) is 35.4 Å². The number of thiazole rings is 1. The van der Waals surface area contributed by atoms with E-state index >= 15 is 0 Å². The van der Waals surface area contributed by atoms with Gasteiger partial charge in [-0.25, -0.2) is 4.98 Å². The van der Waals surface area contributed by atoms with E-state index in [1.807, 2.05) is 6.07 Å². The predicted molar refractivity (Wildman–Crippen MR) is 77.0 cm³/mol. The average Bonchev–Trinajstić information content (AvgIpc) is 2.79. The third kappa shape index (κ3) is 3.51. The molecule has 0 radical (unpaired) electrons. The van der Waals surface area contributed by atoms with Crippen molar-refractivity contribution >= 4 is 21.6 Å². The smallest absolute Gasteiger partial charge is 0.108 e. The molecule has 3 nitrogen and oxygen atoms in total. The van der Waals surface area contributed by atoms with Gasteiger partial charge < -0.3 is 10.1 Å². The molecule has 0 aliphatic heterocycles. The van der Waals surface area contributed by atoms with Crippen molar-refractivity contribution in [3.63, 3.8) is 0 Å². The van der Waals surface area contributed by atoms with E-state index in [9.17, 15) is 0 Å². The van der Waals surface area contributed by atoms with Crippen molar-refractivity contribution in [3.8, 4) is 0 Å². The maximum atomic E-state index is 5.22. The molecule has 1 atom stereocenters. The molecule has 98 valence electrons. The van der Waals surface area contributed by atoms with Gasteiger partial charge in [-0.05, 0) is 18.6 Å². The minimum absolute atomic E-state index is 0.423. The maximum absolute atomic E-state index is 5.22. The standard InChI is InChI=1S/C14H20N2OS/c1-3-6-11(10-17-2)15-9-14-16-12-7-4-5-8-13(12)18-14/h4-5,7-8,11,15H,3,6,9-10H2,1-2H3. The van der Waals surface area contributed by atoms with E-state index in [1.165, 1.54) is 11.1 Å². The molecule has 0 saturated heterocycles. The molecule has 0 saturated carbocycles. The van der Waals surface area contributed by atoms with Gasteiger partial charge in [-0.3, -0.25) is 0 Å². The minimum Gasteiger partial charge on any atom is -0.383 e. The Morgan fingerprint density at radius 2 is 2.22 bits per heavy atom. The van der Waals surface area contributed by atoms with Gasteiger partial charge in [0.1, 0.15) is 5.01 Å². The zero-order valence-corrected chi connectivity index (χ0v) is 11.8. The topological polar surface area (TPSA) is 34.1 Å². The number of rotatable bonds is 7. The second-order valence-corrected chi connectivity index (χ2v) is 5.51. The lowest BCUT2D eigenvalue weighted by atomic mass is 10.2. The number of para-hydroxylation sites is 1. The van der Waals surface area contributed by atoms with Crippen LogP contribution in [0, 0.1) is 0 Å². The van der Waals surface area contributed by atoms with Crippen LogP contribution in [0.15, 0.2) is 24.3 Å². The molecule has 1 N–H and O–H groups in total. The molecule has 4 heteroatoms. The van der Waals surface area contributed by atoms with Crippen molar-refractivity contribution in [2.75, 3.05) is 13.7 Å². The van der Waals surface area contributed by atoms with Crippen LogP contribution in [0.1, 0.15) is 24.8 Å². The zero-order valence-electron chi connectivity index (χ0n) is 11.0. The number of nitrogens with one attached hydrogen (secondary N) is 1. The molecule has 0 aliphatic rings. The molecule has 0 bridgehead atoms. The summed E-state index contributed by atoms with van der Waals surface area (Å²) in [6.45, 7) is 3.79. The Labute approximate surface area is 112 Å². The summed E-state index contributed by atoms with van der Waals surface area (Å²) in [7, 11) is 1.75. The Balaban J connectivity index is 1.95. The van der Waals surface area contributed by atoms with Gasteiger partial charge >= 0.3 is 0 Å². The second kappa shape index (κ2) is 6.83. The van der Waals surface area contributed by atoms with Crippen molar-refractivity contribution in [1.82, 2.24) is 10.3 Å². The van der Waals surface area contributed by atoms with Crippen molar-refractivity contribution in [2.45, 2.75) is 32.4 Å². The SMILES string of the molecule is CCCC(COC)NCc1nc2ccccc2s1. The third-order valence-corrected chi connectivity index (χ3v) is 3.92. The quantitative estimate of drug-likeness (QED) is 0.834. The maximum Gasteiger partial charge on any atom is 0.108 e. The molecule has 1 aromatic heterocycles. The number of hydrogen-bond donors (Lipinski definition) is 1. The molecular formula is C14H20N2OS. The zero-order chi connectivity index (χ0) is 12.8. The van der Waals surface area contributed by atoms with Gasteiger partial charge in [0.05, 0.1) is 16.8 Å². The average molecular weight is 264 g/mol. The van der Waals surface area contributed by atoms with Crippen LogP contribution in [-0.2, 0) is 11.3 Å². The highest BCUT2D eigenvalue weighted by Crippen LogP contribution is 2.21. The monoisotopic (exact) mass is 264 g/mol. The molecule has 1 aromatic carbocycles. The van der Waals surface area contributed by atoms with E-state index in [4.69, 9.17) is 4.74 Å². The van der Waals surface area contributed by atoms with Gasteiger partial charge in [0.2, 0.25) is 0 Å². The van der Waals surface area contributed by atoms with Gasteiger partial charge in [-0.1, -0.05) is 25.5 Å². The van der Waals surface area contributed by atoms with Crippen molar-refractivity contribution in [1.29, 1.82) is 0 Å². The summed E-state index contributed by atoms with van der Waals surface area (Å²) in [4.78, 5) is 4.62. The molecule has 0 aliphatic carbocycles. The van der Waals surface area contributed by atoms with Crippen molar-refractivity contribution in [2.24, 2.45) is 0 Å². The molecule has 2 rings (SSSR count). The largest absolute Gasteiger partial charge is 0.383 e. The Morgan fingerprint density at radius 3 is 2.94 bits per heavy atom. The molecule has 0 amide bonds. The number of ether oxygens (including phenoxy) is 1. The first-order valence-corrected chi connectivity index (χ1v) is 7.22. The van der Waals surface area contributed by atoms with Gasteiger partial charge in [0.25, 0.3) is 0 Å². The van der Waals surface area contributed by atoms with E-state index in [-0.39, 0.29) is 0 Å². The first kappa shape index (κ1) is 13.5. The third-order valence-electron chi connectivity index (χ3n) is 2.89. The van der Waals surface area contributed by atoms with Crippen molar-refractivity contribution < 1.29 is 4.74 Å². The summed E-state index contributed by atoms with van der Waals surface area (Å²) in [5.74, 6) is 0. The molecule has 1 unspecified atom stereocenters. The van der Waals surface area contributed by atoms with Crippen LogP contribution in [0.2, 0.25) is 0 Å². The Hall–Kier alpha value is -0.970.